The van der Waals surface area contributed by atoms with E-state index in [1.807, 2.05) is 0 Å². The number of nitrogens with one attached hydrogen (secondary N) is 1. The largest absolute Gasteiger partial charge is 0.383 e. The van der Waals surface area contributed by atoms with Crippen molar-refractivity contribution in [2.75, 3.05) is 33.4 Å². The van der Waals surface area contributed by atoms with Gasteiger partial charge in [-0.3, -0.25) is 0 Å². The average Bonchev–Trinajstić information content (AvgIpc) is 2.39. The molecule has 0 radical (unpaired) electrons. The fourth-order valence-electron chi connectivity index (χ4n) is 2.43. The van der Waals surface area contributed by atoms with Crippen molar-refractivity contribution in [3.63, 3.8) is 0 Å². The molecule has 0 spiro atoms. The second kappa shape index (κ2) is 10.6. The first-order valence-electron chi connectivity index (χ1n) is 8.23. The first-order chi connectivity index (χ1) is 9.39. The first kappa shape index (κ1) is 19.9. The molecule has 0 saturated carbocycles. The minimum absolute atomic E-state index is 0.0340. The Hall–Kier alpha value is -0.120. The van der Waals surface area contributed by atoms with Gasteiger partial charge in [0.2, 0.25) is 0 Å². The van der Waals surface area contributed by atoms with Crippen LogP contribution in [-0.2, 0) is 9.47 Å². The fourth-order valence-corrected chi connectivity index (χ4v) is 2.43. The Kier molecular flexibility index (Phi) is 10.5. The Morgan fingerprint density at radius 2 is 1.70 bits per heavy atom. The van der Waals surface area contributed by atoms with Gasteiger partial charge in [0.25, 0.3) is 0 Å². The molecule has 20 heavy (non-hydrogen) atoms. The van der Waals surface area contributed by atoms with Crippen LogP contribution < -0.4 is 5.32 Å². The summed E-state index contributed by atoms with van der Waals surface area (Å²) in [7, 11) is 1.75. The molecule has 1 atom stereocenters. The first-order valence-corrected chi connectivity index (χ1v) is 8.23. The lowest BCUT2D eigenvalue weighted by Crippen LogP contribution is -2.37. The summed E-state index contributed by atoms with van der Waals surface area (Å²) < 4.78 is 11.1. The van der Waals surface area contributed by atoms with Crippen molar-refractivity contribution in [1.29, 1.82) is 0 Å². The van der Waals surface area contributed by atoms with Gasteiger partial charge in [-0.2, -0.15) is 0 Å². The van der Waals surface area contributed by atoms with E-state index in [1.54, 1.807) is 7.11 Å². The van der Waals surface area contributed by atoms with Gasteiger partial charge in [-0.25, -0.2) is 0 Å². The smallest absolute Gasteiger partial charge is 0.0598 e. The summed E-state index contributed by atoms with van der Waals surface area (Å²) in [4.78, 5) is 0. The van der Waals surface area contributed by atoms with E-state index < -0.39 is 0 Å². The summed E-state index contributed by atoms with van der Waals surface area (Å²) in [6.07, 6.45) is 6.20. The van der Waals surface area contributed by atoms with Gasteiger partial charge in [0.1, 0.15) is 0 Å². The highest BCUT2D eigenvalue weighted by Gasteiger charge is 2.27. The lowest BCUT2D eigenvalue weighted by atomic mass is 9.77. The zero-order valence-electron chi connectivity index (χ0n) is 14.7. The maximum atomic E-state index is 5.94. The second-order valence-corrected chi connectivity index (χ2v) is 6.84. The lowest BCUT2D eigenvalue weighted by Gasteiger charge is -2.34. The summed E-state index contributed by atoms with van der Waals surface area (Å²) in [5, 5.41) is 3.55. The van der Waals surface area contributed by atoms with Crippen LogP contribution in [0.3, 0.4) is 0 Å². The predicted molar refractivity (Wildman–Crippen MR) is 87.3 cm³/mol. The number of unbranched alkanes of at least 4 members (excludes halogenated alkanes) is 1. The molecule has 1 N–H and O–H groups in total. The fraction of sp³-hybridized carbons (Fsp3) is 1.00. The van der Waals surface area contributed by atoms with Crippen LogP contribution in [0.2, 0.25) is 0 Å². The molecular formula is C17H37NO2. The molecule has 0 aliphatic carbocycles. The van der Waals surface area contributed by atoms with Crippen molar-refractivity contribution >= 4 is 0 Å². The summed E-state index contributed by atoms with van der Waals surface area (Å²) in [6, 6.07) is 0. The number of rotatable bonds is 12. The predicted octanol–water partition coefficient (Wildman–Crippen LogP) is 4.01. The zero-order chi connectivity index (χ0) is 15.5. The minimum atomic E-state index is -0.0340. The molecule has 0 aromatic carbocycles. The van der Waals surface area contributed by atoms with E-state index in [0.29, 0.717) is 5.41 Å². The Morgan fingerprint density at radius 3 is 2.20 bits per heavy atom. The molecule has 0 amide bonds. The van der Waals surface area contributed by atoms with Gasteiger partial charge in [-0.1, -0.05) is 26.7 Å². The van der Waals surface area contributed by atoms with Crippen LogP contribution in [0.15, 0.2) is 0 Å². The molecule has 3 nitrogen and oxygen atoms in total. The maximum absolute atomic E-state index is 5.94. The summed E-state index contributed by atoms with van der Waals surface area (Å²) in [5.41, 5.74) is 0.336. The summed E-state index contributed by atoms with van der Waals surface area (Å²) in [5.74, 6) is 0. The maximum Gasteiger partial charge on any atom is 0.0598 e. The van der Waals surface area contributed by atoms with Crippen molar-refractivity contribution in [3.8, 4) is 0 Å². The van der Waals surface area contributed by atoms with Gasteiger partial charge < -0.3 is 14.8 Å². The molecule has 1 unspecified atom stereocenters. The van der Waals surface area contributed by atoms with E-state index in [9.17, 15) is 0 Å². The van der Waals surface area contributed by atoms with Gasteiger partial charge in [0.15, 0.2) is 0 Å². The molecule has 122 valence electrons. The molecule has 3 heteroatoms. The van der Waals surface area contributed by atoms with Gasteiger partial charge in [0, 0.05) is 26.8 Å². The molecular weight excluding hydrogens is 250 g/mol. The van der Waals surface area contributed by atoms with Gasteiger partial charge in [-0.15, -0.1) is 0 Å². The second-order valence-electron chi connectivity index (χ2n) is 6.84. The van der Waals surface area contributed by atoms with E-state index in [-0.39, 0.29) is 5.60 Å². The third kappa shape index (κ3) is 9.73. The molecule has 0 aliphatic heterocycles. The van der Waals surface area contributed by atoms with Crippen LogP contribution in [0.1, 0.15) is 66.7 Å². The van der Waals surface area contributed by atoms with Crippen LogP contribution >= 0.6 is 0 Å². The molecule has 0 rings (SSSR count). The molecule has 0 aromatic heterocycles. The molecule has 0 heterocycles. The minimum Gasteiger partial charge on any atom is -0.383 e. The van der Waals surface area contributed by atoms with Crippen molar-refractivity contribution in [1.82, 2.24) is 5.32 Å². The van der Waals surface area contributed by atoms with Gasteiger partial charge in [-0.05, 0) is 45.4 Å². The van der Waals surface area contributed by atoms with Crippen LogP contribution in [0.4, 0.5) is 0 Å². The topological polar surface area (TPSA) is 30.5 Å². The SMILES string of the molecule is CCCCC(CC)(CCOC(C)(C)C)CNCCOC. The van der Waals surface area contributed by atoms with Crippen molar-refractivity contribution in [2.45, 2.75) is 72.3 Å². The van der Waals surface area contributed by atoms with Gasteiger partial charge in [0.05, 0.1) is 12.2 Å². The van der Waals surface area contributed by atoms with Crippen molar-refractivity contribution in [2.24, 2.45) is 5.41 Å². The van der Waals surface area contributed by atoms with Crippen LogP contribution in [0.25, 0.3) is 0 Å². The molecule has 0 fully saturated rings. The number of methoxy groups -OCH3 is 1. The van der Waals surface area contributed by atoms with E-state index in [2.05, 4.69) is 39.9 Å². The van der Waals surface area contributed by atoms with E-state index in [4.69, 9.17) is 9.47 Å². The normalized spacial score (nSPS) is 15.3. The third-order valence-corrected chi connectivity index (χ3v) is 3.96. The highest BCUT2D eigenvalue weighted by atomic mass is 16.5. The Morgan fingerprint density at radius 1 is 1.00 bits per heavy atom. The Bertz CT molecular complexity index is 226. The van der Waals surface area contributed by atoms with Gasteiger partial charge >= 0.3 is 0 Å². The number of ether oxygens (including phenoxy) is 2. The summed E-state index contributed by atoms with van der Waals surface area (Å²) >= 11 is 0. The molecule has 0 aromatic rings. The number of hydrogen-bond acceptors (Lipinski definition) is 3. The van der Waals surface area contributed by atoms with Crippen LogP contribution in [0, 0.1) is 5.41 Å². The monoisotopic (exact) mass is 287 g/mol. The van der Waals surface area contributed by atoms with Crippen molar-refractivity contribution < 1.29 is 9.47 Å². The summed E-state index contributed by atoms with van der Waals surface area (Å²) in [6.45, 7) is 14.6. The molecule has 0 aliphatic rings. The average molecular weight is 287 g/mol. The third-order valence-electron chi connectivity index (χ3n) is 3.96. The standard InChI is InChI=1S/C17H37NO2/c1-7-9-10-17(8-2,15-18-12-14-19-6)11-13-20-16(3,4)5/h18H,7-15H2,1-6H3. The molecule has 0 saturated heterocycles. The van der Waals surface area contributed by atoms with E-state index in [1.165, 1.54) is 25.7 Å². The quantitative estimate of drug-likeness (QED) is 0.550. The highest BCUT2D eigenvalue weighted by molar-refractivity contribution is 4.81. The van der Waals surface area contributed by atoms with E-state index >= 15 is 0 Å². The Balaban J connectivity index is 4.34. The highest BCUT2D eigenvalue weighted by Crippen LogP contribution is 2.32. The van der Waals surface area contributed by atoms with Crippen LogP contribution in [0.5, 0.6) is 0 Å². The van der Waals surface area contributed by atoms with E-state index in [0.717, 1.165) is 32.7 Å². The lowest BCUT2D eigenvalue weighted by molar-refractivity contribution is -0.0209. The zero-order valence-corrected chi connectivity index (χ0v) is 14.7. The van der Waals surface area contributed by atoms with Crippen molar-refractivity contribution in [3.05, 3.63) is 0 Å². The van der Waals surface area contributed by atoms with Crippen LogP contribution in [-0.4, -0.2) is 39.0 Å². The number of hydrogen-bond donors (Lipinski definition) is 1. The Labute approximate surface area is 126 Å². The molecule has 0 bridgehead atoms.